The molecule has 0 saturated heterocycles. The Labute approximate surface area is 145 Å². The molecule has 0 fully saturated rings. The highest BCUT2D eigenvalue weighted by Gasteiger charge is 2.13. The van der Waals surface area contributed by atoms with Crippen LogP contribution in [0, 0.1) is 6.92 Å². The van der Waals surface area contributed by atoms with Crippen LogP contribution in [0.2, 0.25) is 5.02 Å². The molecular formula is C18H18ClN3S. The summed E-state index contributed by atoms with van der Waals surface area (Å²) in [6, 6.07) is 16.3. The van der Waals surface area contributed by atoms with Crippen LogP contribution < -0.4 is 0 Å². The van der Waals surface area contributed by atoms with E-state index in [1.165, 1.54) is 5.56 Å². The van der Waals surface area contributed by atoms with Gasteiger partial charge in [-0.25, -0.2) is 0 Å². The zero-order valence-electron chi connectivity index (χ0n) is 13.2. The number of halogens is 1. The van der Waals surface area contributed by atoms with Crippen LogP contribution in [0.3, 0.4) is 0 Å². The largest absolute Gasteiger partial charge is 0.302 e. The Hall–Kier alpha value is -1.78. The summed E-state index contributed by atoms with van der Waals surface area (Å²) in [5.41, 5.74) is 3.45. The van der Waals surface area contributed by atoms with Crippen LogP contribution in [-0.4, -0.2) is 14.8 Å². The van der Waals surface area contributed by atoms with E-state index in [4.69, 9.17) is 11.6 Å². The molecular weight excluding hydrogens is 326 g/mol. The summed E-state index contributed by atoms with van der Waals surface area (Å²) >= 11 is 7.89. The summed E-state index contributed by atoms with van der Waals surface area (Å²) in [6.07, 6.45) is 0. The number of benzene rings is 2. The van der Waals surface area contributed by atoms with E-state index < -0.39 is 0 Å². The molecule has 3 nitrogen and oxygen atoms in total. The van der Waals surface area contributed by atoms with Crippen molar-refractivity contribution in [3.8, 4) is 11.4 Å². The first kappa shape index (κ1) is 16.1. The Morgan fingerprint density at radius 3 is 2.48 bits per heavy atom. The van der Waals surface area contributed by atoms with Gasteiger partial charge in [0, 0.05) is 22.9 Å². The first-order chi connectivity index (χ1) is 11.2. The molecule has 2 aromatic carbocycles. The molecule has 1 heterocycles. The van der Waals surface area contributed by atoms with Gasteiger partial charge >= 0.3 is 0 Å². The molecule has 5 heteroatoms. The Morgan fingerprint density at radius 2 is 1.78 bits per heavy atom. The molecule has 3 aromatic rings. The highest BCUT2D eigenvalue weighted by molar-refractivity contribution is 7.98. The zero-order valence-corrected chi connectivity index (χ0v) is 14.7. The predicted molar refractivity (Wildman–Crippen MR) is 96.9 cm³/mol. The third-order valence-corrected chi connectivity index (χ3v) is 5.04. The van der Waals surface area contributed by atoms with Gasteiger partial charge in [-0.3, -0.25) is 0 Å². The van der Waals surface area contributed by atoms with Crippen LogP contribution in [0.25, 0.3) is 11.4 Å². The summed E-state index contributed by atoms with van der Waals surface area (Å²) in [5, 5.41) is 10.5. The number of aromatic nitrogens is 3. The fraction of sp³-hybridized carbons (Fsp3) is 0.222. The highest BCUT2D eigenvalue weighted by Crippen LogP contribution is 2.28. The molecule has 0 saturated carbocycles. The number of hydrogen-bond donors (Lipinski definition) is 0. The molecule has 3 rings (SSSR count). The lowest BCUT2D eigenvalue weighted by Crippen LogP contribution is -2.00. The predicted octanol–water partition coefficient (Wildman–Crippen LogP) is 5.22. The van der Waals surface area contributed by atoms with Gasteiger partial charge in [-0.2, -0.15) is 0 Å². The molecule has 23 heavy (non-hydrogen) atoms. The highest BCUT2D eigenvalue weighted by atomic mass is 35.5. The van der Waals surface area contributed by atoms with Crippen molar-refractivity contribution in [3.63, 3.8) is 0 Å². The van der Waals surface area contributed by atoms with E-state index in [0.717, 1.165) is 39.4 Å². The minimum Gasteiger partial charge on any atom is -0.302 e. The van der Waals surface area contributed by atoms with Crippen LogP contribution in [0.15, 0.2) is 53.7 Å². The summed E-state index contributed by atoms with van der Waals surface area (Å²) in [4.78, 5) is 0. The smallest absolute Gasteiger partial charge is 0.191 e. The molecule has 1 aromatic heterocycles. The van der Waals surface area contributed by atoms with E-state index in [1.807, 2.05) is 24.3 Å². The van der Waals surface area contributed by atoms with Crippen molar-refractivity contribution in [1.82, 2.24) is 14.8 Å². The molecule has 0 N–H and O–H groups in total. The van der Waals surface area contributed by atoms with Gasteiger partial charge in [0.05, 0.1) is 0 Å². The van der Waals surface area contributed by atoms with Crippen molar-refractivity contribution in [2.45, 2.75) is 31.3 Å². The molecule has 0 amide bonds. The topological polar surface area (TPSA) is 30.7 Å². The van der Waals surface area contributed by atoms with Crippen LogP contribution in [0.5, 0.6) is 0 Å². The van der Waals surface area contributed by atoms with Crippen molar-refractivity contribution < 1.29 is 0 Å². The van der Waals surface area contributed by atoms with Crippen molar-refractivity contribution in [2.75, 3.05) is 0 Å². The molecule has 0 aliphatic rings. The maximum Gasteiger partial charge on any atom is 0.191 e. The molecule has 0 unspecified atom stereocenters. The molecule has 0 spiro atoms. The molecule has 0 radical (unpaired) electrons. The van der Waals surface area contributed by atoms with Crippen LogP contribution >= 0.6 is 23.4 Å². The molecule has 0 atom stereocenters. The first-order valence-electron chi connectivity index (χ1n) is 7.55. The summed E-state index contributed by atoms with van der Waals surface area (Å²) < 4.78 is 2.15. The van der Waals surface area contributed by atoms with E-state index in [-0.39, 0.29) is 0 Å². The lowest BCUT2D eigenvalue weighted by atomic mass is 10.1. The minimum absolute atomic E-state index is 0.783. The first-order valence-corrected chi connectivity index (χ1v) is 8.92. The van der Waals surface area contributed by atoms with E-state index in [9.17, 15) is 0 Å². The van der Waals surface area contributed by atoms with Crippen LogP contribution in [0.4, 0.5) is 0 Å². The van der Waals surface area contributed by atoms with Gasteiger partial charge < -0.3 is 4.57 Å². The van der Waals surface area contributed by atoms with Crippen LogP contribution in [0.1, 0.15) is 18.1 Å². The fourth-order valence-electron chi connectivity index (χ4n) is 2.35. The Morgan fingerprint density at radius 1 is 1.04 bits per heavy atom. The zero-order chi connectivity index (χ0) is 16.2. The Balaban J connectivity index is 1.84. The second-order valence-electron chi connectivity index (χ2n) is 5.30. The van der Waals surface area contributed by atoms with Crippen LogP contribution in [-0.2, 0) is 12.3 Å². The number of thioether (sulfide) groups is 1. The Kier molecular flexibility index (Phi) is 5.03. The minimum atomic E-state index is 0.783. The number of hydrogen-bond acceptors (Lipinski definition) is 3. The standard InChI is InChI=1S/C18H18ClN3S/c1-3-22-17(14-10-8-13(2)9-11-14)20-21-18(22)23-12-15-6-4-5-7-16(15)19/h4-11H,3,12H2,1-2H3. The van der Waals surface area contributed by atoms with Gasteiger partial charge in [-0.1, -0.05) is 71.4 Å². The number of nitrogens with zero attached hydrogens (tertiary/aromatic N) is 3. The monoisotopic (exact) mass is 343 g/mol. The Bertz CT molecular complexity index is 796. The van der Waals surface area contributed by atoms with E-state index in [0.29, 0.717) is 0 Å². The number of rotatable bonds is 5. The number of aryl methyl sites for hydroxylation is 1. The molecule has 118 valence electrons. The van der Waals surface area contributed by atoms with Crippen molar-refractivity contribution in [1.29, 1.82) is 0 Å². The second kappa shape index (κ2) is 7.20. The van der Waals surface area contributed by atoms with E-state index in [2.05, 4.69) is 52.9 Å². The van der Waals surface area contributed by atoms with E-state index >= 15 is 0 Å². The summed E-state index contributed by atoms with van der Waals surface area (Å²) in [7, 11) is 0. The van der Waals surface area contributed by atoms with Gasteiger partial charge in [0.1, 0.15) is 0 Å². The quantitative estimate of drug-likeness (QED) is 0.595. The lowest BCUT2D eigenvalue weighted by Gasteiger charge is -2.08. The maximum atomic E-state index is 6.22. The molecule has 0 aliphatic carbocycles. The van der Waals surface area contributed by atoms with Gasteiger partial charge in [-0.05, 0) is 25.5 Å². The lowest BCUT2D eigenvalue weighted by molar-refractivity contribution is 0.687. The van der Waals surface area contributed by atoms with Gasteiger partial charge in [0.2, 0.25) is 0 Å². The maximum absolute atomic E-state index is 6.22. The molecule has 0 aliphatic heterocycles. The van der Waals surface area contributed by atoms with E-state index in [1.54, 1.807) is 11.8 Å². The van der Waals surface area contributed by atoms with Gasteiger partial charge in [0.15, 0.2) is 11.0 Å². The van der Waals surface area contributed by atoms with Crippen molar-refractivity contribution in [2.24, 2.45) is 0 Å². The molecule has 0 bridgehead atoms. The third-order valence-electron chi connectivity index (χ3n) is 3.66. The SMILES string of the molecule is CCn1c(SCc2ccccc2Cl)nnc1-c1ccc(C)cc1. The fourth-order valence-corrected chi connectivity index (χ4v) is 3.64. The second-order valence-corrected chi connectivity index (χ2v) is 6.65. The van der Waals surface area contributed by atoms with Gasteiger partial charge in [-0.15, -0.1) is 10.2 Å². The van der Waals surface area contributed by atoms with Gasteiger partial charge in [0.25, 0.3) is 0 Å². The van der Waals surface area contributed by atoms with Crippen molar-refractivity contribution in [3.05, 3.63) is 64.7 Å². The summed E-state index contributed by atoms with van der Waals surface area (Å²) in [5.74, 6) is 1.69. The average Bonchev–Trinajstić information content (AvgIpc) is 2.97. The normalized spacial score (nSPS) is 10.9. The third kappa shape index (κ3) is 3.59. The summed E-state index contributed by atoms with van der Waals surface area (Å²) in [6.45, 7) is 5.03. The average molecular weight is 344 g/mol. The van der Waals surface area contributed by atoms with Crippen molar-refractivity contribution >= 4 is 23.4 Å².